The Morgan fingerprint density at radius 3 is 2.72 bits per heavy atom. The molecule has 2 amide bonds. The Balaban J connectivity index is 2.26. The molecule has 1 unspecified atom stereocenters. The highest BCUT2D eigenvalue weighted by Gasteiger charge is 2.16. The summed E-state index contributed by atoms with van der Waals surface area (Å²) in [6.45, 7) is 2.14. The first-order valence-corrected chi connectivity index (χ1v) is 6.73. The summed E-state index contributed by atoms with van der Waals surface area (Å²) < 4.78 is 0.714. The van der Waals surface area contributed by atoms with Crippen LogP contribution in [0.3, 0.4) is 0 Å². The molecule has 0 saturated heterocycles. The molecule has 0 aromatic carbocycles. The van der Waals surface area contributed by atoms with Gasteiger partial charge in [0.25, 0.3) is 0 Å². The van der Waals surface area contributed by atoms with Crippen LogP contribution >= 0.6 is 22.9 Å². The molecular weight excluding hydrogens is 276 g/mol. The van der Waals surface area contributed by atoms with Gasteiger partial charge in [-0.25, -0.2) is 9.59 Å². The number of nitrogens with one attached hydrogen (secondary N) is 2. The van der Waals surface area contributed by atoms with Crippen LogP contribution in [-0.2, 0) is 11.2 Å². The highest BCUT2D eigenvalue weighted by atomic mass is 35.5. The molecule has 3 N–H and O–H groups in total. The van der Waals surface area contributed by atoms with Gasteiger partial charge in [-0.2, -0.15) is 0 Å². The highest BCUT2D eigenvalue weighted by Crippen LogP contribution is 2.21. The second-order valence-electron chi connectivity index (χ2n) is 3.66. The first-order chi connectivity index (χ1) is 8.52. The van der Waals surface area contributed by atoms with Crippen LogP contribution in [0.15, 0.2) is 12.1 Å². The number of urea groups is 1. The Morgan fingerprint density at radius 2 is 2.22 bits per heavy atom. The molecule has 1 aromatic heterocycles. The summed E-state index contributed by atoms with van der Waals surface area (Å²) in [6, 6.07) is 2.39. The van der Waals surface area contributed by atoms with E-state index in [1.54, 1.807) is 13.0 Å². The molecule has 0 saturated carbocycles. The molecule has 1 atom stereocenters. The van der Waals surface area contributed by atoms with Crippen molar-refractivity contribution < 1.29 is 14.7 Å². The maximum atomic E-state index is 11.4. The van der Waals surface area contributed by atoms with Crippen LogP contribution in [0.1, 0.15) is 18.2 Å². The zero-order valence-corrected chi connectivity index (χ0v) is 11.5. The predicted octanol–water partition coefficient (Wildman–Crippen LogP) is 2.11. The summed E-state index contributed by atoms with van der Waals surface area (Å²) in [4.78, 5) is 23.2. The quantitative estimate of drug-likeness (QED) is 0.751. The third-order valence-corrected chi connectivity index (χ3v) is 3.59. The molecule has 0 aliphatic carbocycles. The molecule has 1 rings (SSSR count). The van der Waals surface area contributed by atoms with Crippen LogP contribution in [-0.4, -0.2) is 29.7 Å². The average Bonchev–Trinajstić information content (AvgIpc) is 2.71. The largest absolute Gasteiger partial charge is 0.480 e. The summed E-state index contributed by atoms with van der Waals surface area (Å²) >= 11 is 7.24. The minimum Gasteiger partial charge on any atom is -0.480 e. The van der Waals surface area contributed by atoms with Crippen molar-refractivity contribution in [2.24, 2.45) is 0 Å². The van der Waals surface area contributed by atoms with Crippen LogP contribution in [0.2, 0.25) is 4.34 Å². The van der Waals surface area contributed by atoms with Gasteiger partial charge >= 0.3 is 12.0 Å². The number of aliphatic carboxylic acids is 1. The summed E-state index contributed by atoms with van der Waals surface area (Å²) in [5, 5.41) is 13.8. The molecule has 0 aliphatic rings. The van der Waals surface area contributed by atoms with Crippen molar-refractivity contribution in [1.29, 1.82) is 0 Å². The summed E-state index contributed by atoms with van der Waals surface area (Å²) in [6.07, 6.45) is 1.03. The van der Waals surface area contributed by atoms with Crippen LogP contribution in [0.5, 0.6) is 0 Å². The average molecular weight is 291 g/mol. The van der Waals surface area contributed by atoms with Gasteiger partial charge in [0.2, 0.25) is 0 Å². The van der Waals surface area contributed by atoms with E-state index in [9.17, 15) is 9.59 Å². The van der Waals surface area contributed by atoms with Gasteiger partial charge in [0.15, 0.2) is 0 Å². The number of carboxylic acids is 1. The fourth-order valence-corrected chi connectivity index (χ4v) is 2.42. The number of carbonyl (C=O) groups is 2. The molecule has 7 heteroatoms. The Kier molecular flexibility index (Phi) is 5.94. The van der Waals surface area contributed by atoms with Crippen molar-refractivity contribution in [1.82, 2.24) is 10.6 Å². The molecule has 0 bridgehead atoms. The monoisotopic (exact) mass is 290 g/mol. The zero-order chi connectivity index (χ0) is 13.5. The first kappa shape index (κ1) is 14.8. The van der Waals surface area contributed by atoms with Gasteiger partial charge in [-0.05, 0) is 25.0 Å². The summed E-state index contributed by atoms with van der Waals surface area (Å²) in [5.41, 5.74) is 0. The SMILES string of the molecule is CCC(NC(=O)NCCc1ccc(Cl)s1)C(=O)O. The summed E-state index contributed by atoms with van der Waals surface area (Å²) in [7, 11) is 0. The molecule has 1 aromatic rings. The van der Waals surface area contributed by atoms with Crippen molar-refractivity contribution in [3.8, 4) is 0 Å². The van der Waals surface area contributed by atoms with Crippen LogP contribution in [0.4, 0.5) is 4.79 Å². The molecule has 100 valence electrons. The zero-order valence-electron chi connectivity index (χ0n) is 9.90. The van der Waals surface area contributed by atoms with E-state index in [4.69, 9.17) is 16.7 Å². The van der Waals surface area contributed by atoms with Crippen molar-refractivity contribution in [3.05, 3.63) is 21.3 Å². The van der Waals surface area contributed by atoms with E-state index in [0.717, 1.165) is 4.88 Å². The van der Waals surface area contributed by atoms with Crippen molar-refractivity contribution >= 4 is 34.9 Å². The Hall–Kier alpha value is -1.27. The van der Waals surface area contributed by atoms with E-state index in [1.807, 2.05) is 6.07 Å². The van der Waals surface area contributed by atoms with Gasteiger partial charge < -0.3 is 15.7 Å². The van der Waals surface area contributed by atoms with Crippen LogP contribution in [0.25, 0.3) is 0 Å². The molecule has 5 nitrogen and oxygen atoms in total. The lowest BCUT2D eigenvalue weighted by Gasteiger charge is -2.12. The van der Waals surface area contributed by atoms with E-state index < -0.39 is 18.0 Å². The standard InChI is InChI=1S/C11H15ClN2O3S/c1-2-8(10(15)16)14-11(17)13-6-5-7-3-4-9(12)18-7/h3-4,8H,2,5-6H2,1H3,(H,15,16)(H2,13,14,17). The number of carbonyl (C=O) groups excluding carboxylic acids is 1. The van der Waals surface area contributed by atoms with E-state index in [2.05, 4.69) is 10.6 Å². The van der Waals surface area contributed by atoms with E-state index in [1.165, 1.54) is 11.3 Å². The molecular formula is C11H15ClN2O3S. The Bertz CT molecular complexity index is 422. The van der Waals surface area contributed by atoms with Gasteiger partial charge in [0, 0.05) is 11.4 Å². The molecule has 0 radical (unpaired) electrons. The number of thiophene rings is 1. The summed E-state index contributed by atoms with van der Waals surface area (Å²) in [5.74, 6) is -1.03. The number of halogens is 1. The number of hydrogen-bond acceptors (Lipinski definition) is 3. The molecule has 0 aliphatic heterocycles. The maximum absolute atomic E-state index is 11.4. The molecule has 18 heavy (non-hydrogen) atoms. The number of hydrogen-bond donors (Lipinski definition) is 3. The third-order valence-electron chi connectivity index (χ3n) is 2.30. The second kappa shape index (κ2) is 7.23. The molecule has 1 heterocycles. The highest BCUT2D eigenvalue weighted by molar-refractivity contribution is 7.16. The predicted molar refractivity (Wildman–Crippen MR) is 71.3 cm³/mol. The van der Waals surface area contributed by atoms with Gasteiger partial charge in [0.1, 0.15) is 6.04 Å². The normalized spacial score (nSPS) is 11.9. The smallest absolute Gasteiger partial charge is 0.326 e. The minimum absolute atomic E-state index is 0.350. The fourth-order valence-electron chi connectivity index (χ4n) is 1.33. The van der Waals surface area contributed by atoms with Crippen molar-refractivity contribution in [2.45, 2.75) is 25.8 Å². The third kappa shape index (κ3) is 4.93. The Morgan fingerprint density at radius 1 is 1.50 bits per heavy atom. The number of rotatable bonds is 6. The minimum atomic E-state index is -1.03. The lowest BCUT2D eigenvalue weighted by atomic mass is 10.2. The molecule has 0 fully saturated rings. The lowest BCUT2D eigenvalue weighted by Crippen LogP contribution is -2.46. The van der Waals surface area contributed by atoms with Crippen molar-refractivity contribution in [2.75, 3.05) is 6.54 Å². The Labute approximate surface area is 114 Å². The topological polar surface area (TPSA) is 78.4 Å². The van der Waals surface area contributed by atoms with E-state index >= 15 is 0 Å². The maximum Gasteiger partial charge on any atom is 0.326 e. The number of amides is 2. The van der Waals surface area contributed by atoms with E-state index in [0.29, 0.717) is 23.7 Å². The van der Waals surface area contributed by atoms with Gasteiger partial charge in [-0.1, -0.05) is 18.5 Å². The second-order valence-corrected chi connectivity index (χ2v) is 5.45. The van der Waals surface area contributed by atoms with Crippen LogP contribution in [0, 0.1) is 0 Å². The van der Waals surface area contributed by atoms with Gasteiger partial charge in [0.05, 0.1) is 4.34 Å². The van der Waals surface area contributed by atoms with Crippen LogP contribution < -0.4 is 10.6 Å². The fraction of sp³-hybridized carbons (Fsp3) is 0.455. The van der Waals surface area contributed by atoms with Gasteiger partial charge in [-0.15, -0.1) is 11.3 Å². The number of carboxylic acid groups (broad SMARTS) is 1. The van der Waals surface area contributed by atoms with Gasteiger partial charge in [-0.3, -0.25) is 0 Å². The first-order valence-electron chi connectivity index (χ1n) is 5.54. The van der Waals surface area contributed by atoms with Crippen molar-refractivity contribution in [3.63, 3.8) is 0 Å². The lowest BCUT2D eigenvalue weighted by molar-refractivity contribution is -0.139. The molecule has 0 spiro atoms. The van der Waals surface area contributed by atoms with E-state index in [-0.39, 0.29) is 0 Å².